The summed E-state index contributed by atoms with van der Waals surface area (Å²) in [6.45, 7) is 1.22. The fourth-order valence-corrected chi connectivity index (χ4v) is 3.15. The number of ether oxygens (including phenoxy) is 1. The third kappa shape index (κ3) is 2.42. The van der Waals surface area contributed by atoms with Gasteiger partial charge >= 0.3 is 0 Å². The molecule has 0 radical (unpaired) electrons. The van der Waals surface area contributed by atoms with E-state index in [-0.39, 0.29) is 11.1 Å². The molecule has 1 aromatic heterocycles. The Morgan fingerprint density at radius 1 is 1.50 bits per heavy atom. The van der Waals surface area contributed by atoms with E-state index in [1.165, 1.54) is 16.9 Å². The van der Waals surface area contributed by atoms with Crippen LogP contribution < -0.4 is 4.72 Å². The zero-order chi connectivity index (χ0) is 11.6. The zero-order valence-corrected chi connectivity index (χ0v) is 9.90. The second-order valence-electron chi connectivity index (χ2n) is 3.80. The van der Waals surface area contributed by atoms with Gasteiger partial charge in [-0.05, 0) is 18.9 Å². The second kappa shape index (κ2) is 4.52. The lowest BCUT2D eigenvalue weighted by atomic mass is 10.1. The molecular formula is C9H15N3O3S. The van der Waals surface area contributed by atoms with Crippen molar-refractivity contribution in [3.05, 3.63) is 12.3 Å². The van der Waals surface area contributed by atoms with Crippen LogP contribution in [0.25, 0.3) is 0 Å². The Balaban J connectivity index is 2.11. The molecule has 0 aliphatic carbocycles. The van der Waals surface area contributed by atoms with Crippen molar-refractivity contribution in [3.63, 3.8) is 0 Å². The summed E-state index contributed by atoms with van der Waals surface area (Å²) in [5.74, 6) is 0. The number of aromatic nitrogens is 2. The van der Waals surface area contributed by atoms with Crippen molar-refractivity contribution in [1.29, 1.82) is 0 Å². The predicted octanol–water partition coefficient (Wildman–Crippen LogP) is -0.123. The molecule has 7 heteroatoms. The van der Waals surface area contributed by atoms with Crippen LogP contribution in [0.5, 0.6) is 0 Å². The Morgan fingerprint density at radius 2 is 2.19 bits per heavy atom. The second-order valence-corrected chi connectivity index (χ2v) is 5.46. The van der Waals surface area contributed by atoms with E-state index >= 15 is 0 Å². The summed E-state index contributed by atoms with van der Waals surface area (Å²) < 4.78 is 33.1. The molecule has 0 atom stereocenters. The van der Waals surface area contributed by atoms with Crippen molar-refractivity contribution >= 4 is 10.0 Å². The van der Waals surface area contributed by atoms with Gasteiger partial charge in [-0.1, -0.05) is 0 Å². The molecule has 0 saturated carbocycles. The monoisotopic (exact) mass is 245 g/mol. The molecule has 90 valence electrons. The topological polar surface area (TPSA) is 73.2 Å². The number of nitrogens with zero attached hydrogens (tertiary/aromatic N) is 2. The van der Waals surface area contributed by atoms with Crippen LogP contribution in [0, 0.1) is 0 Å². The van der Waals surface area contributed by atoms with E-state index in [0.717, 1.165) is 12.8 Å². The van der Waals surface area contributed by atoms with Gasteiger partial charge in [0.05, 0.1) is 6.20 Å². The maximum absolute atomic E-state index is 12.0. The smallest absolute Gasteiger partial charge is 0.257 e. The largest absolute Gasteiger partial charge is 0.381 e. The Bertz CT molecular complexity index is 448. The maximum Gasteiger partial charge on any atom is 0.257 e. The normalized spacial score (nSPS) is 18.8. The molecule has 1 N–H and O–H groups in total. The van der Waals surface area contributed by atoms with Gasteiger partial charge in [0.2, 0.25) is 0 Å². The molecule has 0 spiro atoms. The summed E-state index contributed by atoms with van der Waals surface area (Å²) >= 11 is 0. The lowest BCUT2D eigenvalue weighted by Crippen LogP contribution is -2.39. The summed E-state index contributed by atoms with van der Waals surface area (Å²) in [6, 6.07) is 1.45. The molecule has 6 nitrogen and oxygen atoms in total. The van der Waals surface area contributed by atoms with Crippen LogP contribution >= 0.6 is 0 Å². The van der Waals surface area contributed by atoms with Crippen LogP contribution in [0.15, 0.2) is 17.3 Å². The molecule has 0 aromatic carbocycles. The van der Waals surface area contributed by atoms with E-state index in [2.05, 4.69) is 9.82 Å². The molecule has 0 unspecified atom stereocenters. The molecule has 0 bridgehead atoms. The van der Waals surface area contributed by atoms with E-state index in [1.54, 1.807) is 7.05 Å². The van der Waals surface area contributed by atoms with Gasteiger partial charge in [-0.25, -0.2) is 13.1 Å². The van der Waals surface area contributed by atoms with Crippen molar-refractivity contribution in [2.45, 2.75) is 23.9 Å². The summed E-state index contributed by atoms with van der Waals surface area (Å²) in [4.78, 5) is 0. The van der Waals surface area contributed by atoms with Gasteiger partial charge < -0.3 is 4.74 Å². The van der Waals surface area contributed by atoms with Gasteiger partial charge in [0.1, 0.15) is 0 Å². The van der Waals surface area contributed by atoms with Crippen molar-refractivity contribution in [3.8, 4) is 0 Å². The molecule has 1 fully saturated rings. The number of rotatable bonds is 3. The van der Waals surface area contributed by atoms with Gasteiger partial charge in [-0.3, -0.25) is 4.68 Å². The van der Waals surface area contributed by atoms with E-state index in [4.69, 9.17) is 4.74 Å². The van der Waals surface area contributed by atoms with E-state index in [9.17, 15) is 8.42 Å². The number of hydrogen-bond donors (Lipinski definition) is 1. The van der Waals surface area contributed by atoms with Crippen molar-refractivity contribution < 1.29 is 13.2 Å². The van der Waals surface area contributed by atoms with Crippen LogP contribution in [-0.4, -0.2) is 37.5 Å². The Kier molecular flexibility index (Phi) is 3.27. The molecule has 2 rings (SSSR count). The van der Waals surface area contributed by atoms with Crippen LogP contribution in [0.3, 0.4) is 0 Å². The van der Waals surface area contributed by atoms with Crippen molar-refractivity contribution in [2.24, 2.45) is 7.05 Å². The molecule has 1 aromatic rings. The highest BCUT2D eigenvalue weighted by Gasteiger charge is 2.23. The minimum Gasteiger partial charge on any atom is -0.381 e. The zero-order valence-electron chi connectivity index (χ0n) is 9.09. The van der Waals surface area contributed by atoms with Crippen LogP contribution in [-0.2, 0) is 21.8 Å². The van der Waals surface area contributed by atoms with Crippen LogP contribution in [0.4, 0.5) is 0 Å². The molecule has 16 heavy (non-hydrogen) atoms. The molecule has 1 saturated heterocycles. The SMILES string of the molecule is Cn1nccc1S(=O)(=O)NC1CCOCC1. The first-order valence-electron chi connectivity index (χ1n) is 5.18. The minimum absolute atomic E-state index is 0.0337. The first-order valence-corrected chi connectivity index (χ1v) is 6.66. The van der Waals surface area contributed by atoms with Crippen molar-refractivity contribution in [1.82, 2.24) is 14.5 Å². The Morgan fingerprint density at radius 3 is 2.75 bits per heavy atom. The van der Waals surface area contributed by atoms with Crippen molar-refractivity contribution in [2.75, 3.05) is 13.2 Å². The highest BCUT2D eigenvalue weighted by atomic mass is 32.2. The fourth-order valence-electron chi connectivity index (χ4n) is 1.72. The molecular weight excluding hydrogens is 230 g/mol. The summed E-state index contributed by atoms with van der Waals surface area (Å²) in [6.07, 6.45) is 2.91. The average molecular weight is 245 g/mol. The number of sulfonamides is 1. The first-order chi connectivity index (χ1) is 7.59. The number of nitrogens with one attached hydrogen (secondary N) is 1. The fraction of sp³-hybridized carbons (Fsp3) is 0.667. The van der Waals surface area contributed by atoms with E-state index in [0.29, 0.717) is 13.2 Å². The molecule has 1 aliphatic rings. The van der Waals surface area contributed by atoms with E-state index < -0.39 is 10.0 Å². The van der Waals surface area contributed by atoms with Crippen LogP contribution in [0.2, 0.25) is 0 Å². The number of hydrogen-bond acceptors (Lipinski definition) is 4. The average Bonchev–Trinajstić information content (AvgIpc) is 2.66. The molecule has 0 amide bonds. The standard InChI is InChI=1S/C9H15N3O3S/c1-12-9(2-5-10-12)16(13,14)11-8-3-6-15-7-4-8/h2,5,8,11H,3-4,6-7H2,1H3. The summed E-state index contributed by atoms with van der Waals surface area (Å²) in [7, 11) is -1.84. The Hall–Kier alpha value is -0.920. The third-order valence-corrected chi connectivity index (χ3v) is 4.19. The molecule has 1 aliphatic heterocycles. The van der Waals surface area contributed by atoms with Gasteiger partial charge in [0.25, 0.3) is 10.0 Å². The van der Waals surface area contributed by atoms with Crippen LogP contribution in [0.1, 0.15) is 12.8 Å². The van der Waals surface area contributed by atoms with Gasteiger partial charge in [0, 0.05) is 26.3 Å². The maximum atomic E-state index is 12.0. The van der Waals surface area contributed by atoms with Gasteiger partial charge in [0.15, 0.2) is 5.03 Å². The first kappa shape index (κ1) is 11.6. The molecule has 2 heterocycles. The van der Waals surface area contributed by atoms with Gasteiger partial charge in [-0.15, -0.1) is 0 Å². The summed E-state index contributed by atoms with van der Waals surface area (Å²) in [5, 5.41) is 4.04. The highest BCUT2D eigenvalue weighted by molar-refractivity contribution is 7.89. The van der Waals surface area contributed by atoms with E-state index in [1.807, 2.05) is 0 Å². The lowest BCUT2D eigenvalue weighted by Gasteiger charge is -2.22. The Labute approximate surface area is 94.6 Å². The third-order valence-electron chi connectivity index (χ3n) is 2.59. The lowest BCUT2D eigenvalue weighted by molar-refractivity contribution is 0.0832. The highest BCUT2D eigenvalue weighted by Crippen LogP contribution is 2.12. The predicted molar refractivity (Wildman–Crippen MR) is 57.4 cm³/mol. The quantitative estimate of drug-likeness (QED) is 0.805. The minimum atomic E-state index is -3.45. The summed E-state index contributed by atoms with van der Waals surface area (Å²) in [5.41, 5.74) is 0. The van der Waals surface area contributed by atoms with Gasteiger partial charge in [-0.2, -0.15) is 5.10 Å². The number of aryl methyl sites for hydroxylation is 1.